The number of benzene rings is 10. The van der Waals surface area contributed by atoms with Gasteiger partial charge in [-0.15, -0.1) is 11.3 Å². The lowest BCUT2D eigenvalue weighted by Gasteiger charge is -2.28. The molecule has 0 atom stereocenters. The van der Waals surface area contributed by atoms with Gasteiger partial charge in [-0.1, -0.05) is 158 Å². The molecule has 276 valence electrons. The zero-order valence-corrected chi connectivity index (χ0v) is 32.9. The van der Waals surface area contributed by atoms with E-state index in [1.165, 1.54) is 85.8 Å². The fourth-order valence-corrected chi connectivity index (χ4v) is 10.5. The predicted molar refractivity (Wildman–Crippen MR) is 254 cm³/mol. The Bertz CT molecular complexity index is 3510. The van der Waals surface area contributed by atoms with Crippen LogP contribution in [0.5, 0.6) is 0 Å². The van der Waals surface area contributed by atoms with E-state index in [9.17, 15) is 0 Å². The van der Waals surface area contributed by atoms with Gasteiger partial charge in [0.1, 0.15) is 0 Å². The van der Waals surface area contributed by atoms with Crippen LogP contribution in [0.4, 0.5) is 17.1 Å². The first-order valence-corrected chi connectivity index (χ1v) is 21.0. The van der Waals surface area contributed by atoms with E-state index in [0.717, 1.165) is 22.7 Å². The van der Waals surface area contributed by atoms with Gasteiger partial charge in [0.05, 0.1) is 22.4 Å². The molecule has 3 heteroatoms. The van der Waals surface area contributed by atoms with E-state index in [1.54, 1.807) is 0 Å². The SMILES string of the molecule is c1cc(-c2ccc(N(c3ccc(-c4ccc5ccccc5c4)cc3)c3cccc4ccccc34)c3c2sc2ccccc23)cc(-n2c3ccccc3c3ccccc32)c1. The molecule has 0 amide bonds. The molecule has 2 aromatic heterocycles. The minimum atomic E-state index is 1.11. The molecule has 10 aromatic carbocycles. The number of para-hydroxylation sites is 2. The Hall–Kier alpha value is -7.46. The molecule has 0 unspecified atom stereocenters. The Balaban J connectivity index is 1.07. The quantitative estimate of drug-likeness (QED) is 0.164. The van der Waals surface area contributed by atoms with Gasteiger partial charge in [-0.05, 0) is 99.1 Å². The molecule has 0 aliphatic carbocycles. The third kappa shape index (κ3) is 5.47. The van der Waals surface area contributed by atoms with E-state index in [-0.39, 0.29) is 0 Å². The van der Waals surface area contributed by atoms with Gasteiger partial charge in [-0.3, -0.25) is 0 Å². The van der Waals surface area contributed by atoms with Crippen LogP contribution in [0.15, 0.2) is 218 Å². The van der Waals surface area contributed by atoms with Gasteiger partial charge in [0, 0.05) is 47.7 Å². The zero-order valence-electron chi connectivity index (χ0n) is 32.1. The van der Waals surface area contributed by atoms with Crippen molar-refractivity contribution in [2.24, 2.45) is 0 Å². The molecule has 0 aliphatic heterocycles. The Morgan fingerprint density at radius 3 is 1.80 bits per heavy atom. The topological polar surface area (TPSA) is 8.17 Å². The second-order valence-corrected chi connectivity index (χ2v) is 16.3. The Kier molecular flexibility index (Phi) is 7.75. The van der Waals surface area contributed by atoms with Crippen molar-refractivity contribution in [2.75, 3.05) is 4.90 Å². The molecule has 0 saturated heterocycles. The Labute approximate surface area is 346 Å². The van der Waals surface area contributed by atoms with Crippen LogP contribution in [-0.4, -0.2) is 4.57 Å². The molecule has 0 spiro atoms. The minimum absolute atomic E-state index is 1.11. The predicted octanol–water partition coefficient (Wildman–Crippen LogP) is 16.3. The lowest BCUT2D eigenvalue weighted by Crippen LogP contribution is -2.11. The molecule has 12 aromatic rings. The van der Waals surface area contributed by atoms with E-state index >= 15 is 0 Å². The summed E-state index contributed by atoms with van der Waals surface area (Å²) in [6.07, 6.45) is 0. The van der Waals surface area contributed by atoms with E-state index in [1.807, 2.05) is 11.3 Å². The van der Waals surface area contributed by atoms with Crippen LogP contribution in [0.3, 0.4) is 0 Å². The number of hydrogen-bond donors (Lipinski definition) is 0. The normalized spacial score (nSPS) is 11.7. The molecule has 0 saturated carbocycles. The van der Waals surface area contributed by atoms with E-state index < -0.39 is 0 Å². The molecular formula is C56H36N2S. The number of thiophene rings is 1. The van der Waals surface area contributed by atoms with Gasteiger partial charge in [0.2, 0.25) is 0 Å². The standard InChI is InChI=1S/C56H36N2S/c1-2-15-40-35-41(28-27-37(40)13-1)38-29-31-43(32-30-38)57(50-25-12-16-39-14-3-4-19-45(39)50)53-34-33-46(56-55(53)49-22-7-10-26-54(49)59-56)42-17-11-18-44(36-42)58-51-23-8-5-20-47(51)48-21-6-9-24-52(48)58/h1-36H. The molecule has 0 bridgehead atoms. The van der Waals surface area contributed by atoms with Crippen LogP contribution < -0.4 is 4.90 Å². The van der Waals surface area contributed by atoms with Crippen LogP contribution in [0.1, 0.15) is 0 Å². The third-order valence-electron chi connectivity index (χ3n) is 12.0. The average Bonchev–Trinajstić information content (AvgIpc) is 3.86. The summed E-state index contributed by atoms with van der Waals surface area (Å²) in [4.78, 5) is 2.48. The highest BCUT2D eigenvalue weighted by Crippen LogP contribution is 2.49. The van der Waals surface area contributed by atoms with Gasteiger partial charge >= 0.3 is 0 Å². The van der Waals surface area contributed by atoms with Gasteiger partial charge < -0.3 is 9.47 Å². The van der Waals surface area contributed by atoms with Crippen molar-refractivity contribution in [1.29, 1.82) is 0 Å². The van der Waals surface area contributed by atoms with Crippen molar-refractivity contribution in [3.63, 3.8) is 0 Å². The molecular weight excluding hydrogens is 733 g/mol. The van der Waals surface area contributed by atoms with Gasteiger partial charge in [0.15, 0.2) is 0 Å². The number of nitrogens with zero attached hydrogens (tertiary/aromatic N) is 2. The first-order chi connectivity index (χ1) is 29.3. The fraction of sp³-hybridized carbons (Fsp3) is 0. The summed E-state index contributed by atoms with van der Waals surface area (Å²) in [5.41, 5.74) is 11.9. The molecule has 59 heavy (non-hydrogen) atoms. The number of rotatable bonds is 6. The fourth-order valence-electron chi connectivity index (χ4n) is 9.22. The summed E-state index contributed by atoms with van der Waals surface area (Å²) >= 11 is 1.88. The summed E-state index contributed by atoms with van der Waals surface area (Å²) in [7, 11) is 0. The molecule has 2 nitrogen and oxygen atoms in total. The summed E-state index contributed by atoms with van der Waals surface area (Å²) in [6.45, 7) is 0. The maximum atomic E-state index is 2.48. The highest BCUT2D eigenvalue weighted by atomic mass is 32.1. The summed E-state index contributed by atoms with van der Waals surface area (Å²) in [5.74, 6) is 0. The summed E-state index contributed by atoms with van der Waals surface area (Å²) in [6, 6.07) is 80.0. The third-order valence-corrected chi connectivity index (χ3v) is 13.2. The summed E-state index contributed by atoms with van der Waals surface area (Å²) in [5, 5.41) is 9.99. The van der Waals surface area contributed by atoms with Crippen molar-refractivity contribution < 1.29 is 0 Å². The molecule has 0 N–H and O–H groups in total. The maximum absolute atomic E-state index is 2.48. The number of hydrogen-bond acceptors (Lipinski definition) is 2. The largest absolute Gasteiger partial charge is 0.309 e. The number of anilines is 3. The Morgan fingerprint density at radius 1 is 0.373 bits per heavy atom. The average molecular weight is 769 g/mol. The van der Waals surface area contributed by atoms with Crippen molar-refractivity contribution in [1.82, 2.24) is 4.57 Å². The lowest BCUT2D eigenvalue weighted by atomic mass is 9.98. The van der Waals surface area contributed by atoms with Gasteiger partial charge in [-0.25, -0.2) is 0 Å². The molecule has 12 rings (SSSR count). The smallest absolute Gasteiger partial charge is 0.0555 e. The van der Waals surface area contributed by atoms with Crippen LogP contribution in [-0.2, 0) is 0 Å². The van der Waals surface area contributed by atoms with Gasteiger partial charge in [0.25, 0.3) is 0 Å². The van der Waals surface area contributed by atoms with Crippen molar-refractivity contribution in [2.45, 2.75) is 0 Å². The minimum Gasteiger partial charge on any atom is -0.309 e. The highest BCUT2D eigenvalue weighted by molar-refractivity contribution is 7.26. The monoisotopic (exact) mass is 768 g/mol. The summed E-state index contributed by atoms with van der Waals surface area (Å²) < 4.78 is 4.97. The highest BCUT2D eigenvalue weighted by Gasteiger charge is 2.23. The second-order valence-electron chi connectivity index (χ2n) is 15.3. The van der Waals surface area contributed by atoms with Crippen molar-refractivity contribution >= 4 is 91.9 Å². The van der Waals surface area contributed by atoms with Crippen LogP contribution in [0.25, 0.3) is 91.5 Å². The van der Waals surface area contributed by atoms with Crippen LogP contribution >= 0.6 is 11.3 Å². The molecule has 0 radical (unpaired) electrons. The number of fused-ring (bicyclic) bond motifs is 8. The first-order valence-electron chi connectivity index (χ1n) is 20.2. The van der Waals surface area contributed by atoms with Crippen LogP contribution in [0, 0.1) is 0 Å². The van der Waals surface area contributed by atoms with Gasteiger partial charge in [-0.2, -0.15) is 0 Å². The van der Waals surface area contributed by atoms with Crippen molar-refractivity contribution in [3.05, 3.63) is 218 Å². The first kappa shape index (κ1) is 33.7. The van der Waals surface area contributed by atoms with E-state index in [4.69, 9.17) is 0 Å². The van der Waals surface area contributed by atoms with Crippen molar-refractivity contribution in [3.8, 4) is 27.9 Å². The molecule has 0 fully saturated rings. The maximum Gasteiger partial charge on any atom is 0.0555 e. The van der Waals surface area contributed by atoms with Crippen LogP contribution in [0.2, 0.25) is 0 Å². The van der Waals surface area contributed by atoms with E-state index in [2.05, 4.69) is 228 Å². The Morgan fingerprint density at radius 2 is 1.00 bits per heavy atom. The second kappa shape index (κ2) is 13.6. The molecule has 2 heterocycles. The number of aromatic nitrogens is 1. The molecule has 0 aliphatic rings. The lowest BCUT2D eigenvalue weighted by molar-refractivity contribution is 1.18. The zero-order chi connectivity index (χ0) is 38.9. The van der Waals surface area contributed by atoms with E-state index in [0.29, 0.717) is 0 Å².